The van der Waals surface area contributed by atoms with Crippen LogP contribution in [0.2, 0.25) is 0 Å². The zero-order valence-electron chi connectivity index (χ0n) is 18.1. The smallest absolute Gasteiger partial charge is 0.261 e. The largest absolute Gasteiger partial charge is 0.484 e. The summed E-state index contributed by atoms with van der Waals surface area (Å²) >= 11 is 0. The van der Waals surface area contributed by atoms with Gasteiger partial charge in [-0.2, -0.15) is 0 Å². The van der Waals surface area contributed by atoms with Crippen molar-refractivity contribution in [1.29, 1.82) is 0 Å². The van der Waals surface area contributed by atoms with E-state index in [1.54, 1.807) is 11.8 Å². The third-order valence-electron chi connectivity index (χ3n) is 4.64. The van der Waals surface area contributed by atoms with Crippen LogP contribution < -0.4 is 10.1 Å². The molecule has 156 valence electrons. The van der Waals surface area contributed by atoms with E-state index in [9.17, 15) is 9.59 Å². The zero-order chi connectivity index (χ0) is 21.4. The fraction of sp³-hybridized carbons (Fsp3) is 0.417. The lowest BCUT2D eigenvalue weighted by Gasteiger charge is -2.29. The SMILES string of the molecule is Cc1cc(C)cc(OCC(=O)N(CCc2ccccc2)[C@@H](C)C(=O)NC(C)C)c1. The summed E-state index contributed by atoms with van der Waals surface area (Å²) in [4.78, 5) is 27.1. The molecule has 2 amide bonds. The van der Waals surface area contributed by atoms with Crippen LogP contribution in [0.1, 0.15) is 37.5 Å². The molecule has 0 saturated heterocycles. The van der Waals surface area contributed by atoms with Crippen LogP contribution in [-0.2, 0) is 16.0 Å². The Morgan fingerprint density at radius 3 is 2.21 bits per heavy atom. The van der Waals surface area contributed by atoms with E-state index in [2.05, 4.69) is 11.4 Å². The number of nitrogens with one attached hydrogen (secondary N) is 1. The minimum absolute atomic E-state index is 0.0162. The highest BCUT2D eigenvalue weighted by atomic mass is 16.5. The molecule has 0 unspecified atom stereocenters. The van der Waals surface area contributed by atoms with Gasteiger partial charge in [-0.3, -0.25) is 9.59 Å². The Balaban J connectivity index is 2.09. The van der Waals surface area contributed by atoms with Gasteiger partial charge in [0.2, 0.25) is 5.91 Å². The van der Waals surface area contributed by atoms with E-state index in [1.807, 2.05) is 70.2 Å². The molecular formula is C24H32N2O3. The van der Waals surface area contributed by atoms with E-state index in [0.717, 1.165) is 16.7 Å². The summed E-state index contributed by atoms with van der Waals surface area (Å²) in [5.74, 6) is 0.303. The lowest BCUT2D eigenvalue weighted by molar-refractivity contribution is -0.141. The van der Waals surface area contributed by atoms with Gasteiger partial charge in [0.1, 0.15) is 11.8 Å². The summed E-state index contributed by atoms with van der Waals surface area (Å²) in [6.45, 7) is 9.91. The molecule has 0 heterocycles. The maximum atomic E-state index is 13.0. The number of aryl methyl sites for hydroxylation is 2. The van der Waals surface area contributed by atoms with E-state index in [0.29, 0.717) is 18.7 Å². The summed E-state index contributed by atoms with van der Waals surface area (Å²) in [5.41, 5.74) is 3.29. The fourth-order valence-corrected chi connectivity index (χ4v) is 3.22. The number of ether oxygens (including phenoxy) is 1. The fourth-order valence-electron chi connectivity index (χ4n) is 3.22. The maximum Gasteiger partial charge on any atom is 0.261 e. The molecular weight excluding hydrogens is 364 g/mol. The van der Waals surface area contributed by atoms with Crippen LogP contribution in [0.15, 0.2) is 48.5 Å². The van der Waals surface area contributed by atoms with Crippen LogP contribution in [0.3, 0.4) is 0 Å². The Bertz CT molecular complexity index is 798. The van der Waals surface area contributed by atoms with E-state index in [1.165, 1.54) is 0 Å². The molecule has 0 aromatic heterocycles. The minimum atomic E-state index is -0.573. The van der Waals surface area contributed by atoms with E-state index in [4.69, 9.17) is 4.74 Å². The Hall–Kier alpha value is -2.82. The first-order chi connectivity index (χ1) is 13.8. The van der Waals surface area contributed by atoms with E-state index < -0.39 is 6.04 Å². The number of amides is 2. The maximum absolute atomic E-state index is 13.0. The predicted molar refractivity (Wildman–Crippen MR) is 116 cm³/mol. The number of carbonyl (C=O) groups is 2. The second kappa shape index (κ2) is 10.6. The molecule has 2 aromatic rings. The molecule has 0 aliphatic rings. The molecule has 2 aromatic carbocycles. The molecule has 0 fully saturated rings. The first-order valence-corrected chi connectivity index (χ1v) is 10.1. The number of hydrogen-bond acceptors (Lipinski definition) is 3. The van der Waals surface area contributed by atoms with Gasteiger partial charge in [0.25, 0.3) is 5.91 Å². The monoisotopic (exact) mass is 396 g/mol. The van der Waals surface area contributed by atoms with Gasteiger partial charge in [0.15, 0.2) is 6.61 Å². The van der Waals surface area contributed by atoms with Crippen molar-refractivity contribution < 1.29 is 14.3 Å². The van der Waals surface area contributed by atoms with Gasteiger partial charge in [-0.05, 0) is 69.9 Å². The molecule has 2 rings (SSSR count). The molecule has 29 heavy (non-hydrogen) atoms. The molecule has 1 atom stereocenters. The molecule has 0 saturated carbocycles. The number of benzene rings is 2. The van der Waals surface area contributed by atoms with Crippen LogP contribution in [-0.4, -0.2) is 41.9 Å². The summed E-state index contributed by atoms with van der Waals surface area (Å²) in [6, 6.07) is 15.3. The van der Waals surface area contributed by atoms with Crippen LogP contribution in [0, 0.1) is 13.8 Å². The van der Waals surface area contributed by atoms with Crippen molar-refractivity contribution in [1.82, 2.24) is 10.2 Å². The molecule has 5 heteroatoms. The Morgan fingerprint density at radius 2 is 1.62 bits per heavy atom. The molecule has 1 N–H and O–H groups in total. The van der Waals surface area contributed by atoms with Crippen molar-refractivity contribution >= 4 is 11.8 Å². The van der Waals surface area contributed by atoms with Gasteiger partial charge in [0.05, 0.1) is 0 Å². The highest BCUT2D eigenvalue weighted by molar-refractivity contribution is 5.88. The van der Waals surface area contributed by atoms with Crippen molar-refractivity contribution in [2.45, 2.75) is 53.1 Å². The van der Waals surface area contributed by atoms with Crippen molar-refractivity contribution in [3.63, 3.8) is 0 Å². The molecule has 0 radical (unpaired) electrons. The average Bonchev–Trinajstić information content (AvgIpc) is 2.66. The lowest BCUT2D eigenvalue weighted by atomic mass is 10.1. The van der Waals surface area contributed by atoms with Gasteiger partial charge < -0.3 is 15.0 Å². The second-order valence-electron chi connectivity index (χ2n) is 7.77. The second-order valence-corrected chi connectivity index (χ2v) is 7.77. The number of carbonyl (C=O) groups excluding carboxylic acids is 2. The van der Waals surface area contributed by atoms with Gasteiger partial charge in [-0.15, -0.1) is 0 Å². The summed E-state index contributed by atoms with van der Waals surface area (Å²) in [7, 11) is 0. The van der Waals surface area contributed by atoms with Crippen molar-refractivity contribution in [3.05, 3.63) is 65.2 Å². The molecule has 0 spiro atoms. The quantitative estimate of drug-likeness (QED) is 0.704. The van der Waals surface area contributed by atoms with Gasteiger partial charge in [-0.25, -0.2) is 0 Å². The van der Waals surface area contributed by atoms with Gasteiger partial charge >= 0.3 is 0 Å². The highest BCUT2D eigenvalue weighted by Crippen LogP contribution is 2.16. The zero-order valence-corrected chi connectivity index (χ0v) is 18.1. The summed E-state index contributed by atoms with van der Waals surface area (Å²) in [5, 5.41) is 2.89. The number of hydrogen-bond donors (Lipinski definition) is 1. The Labute approximate surface area is 174 Å². The van der Waals surface area contributed by atoms with Crippen molar-refractivity contribution in [2.75, 3.05) is 13.2 Å². The lowest BCUT2D eigenvalue weighted by Crippen LogP contribution is -2.51. The van der Waals surface area contributed by atoms with Gasteiger partial charge in [0, 0.05) is 12.6 Å². The number of rotatable bonds is 9. The van der Waals surface area contributed by atoms with Crippen LogP contribution in [0.5, 0.6) is 5.75 Å². The van der Waals surface area contributed by atoms with Crippen molar-refractivity contribution in [2.24, 2.45) is 0 Å². The standard InChI is InChI=1S/C24H32N2O3/c1-17(2)25-24(28)20(5)26(12-11-21-9-7-6-8-10-21)23(27)16-29-22-14-18(3)13-19(4)15-22/h6-10,13-15,17,20H,11-12,16H2,1-5H3,(H,25,28)/t20-/m0/s1. The molecule has 0 aliphatic carbocycles. The Kier molecular flexibility index (Phi) is 8.25. The topological polar surface area (TPSA) is 58.6 Å². The third kappa shape index (κ3) is 7.26. The third-order valence-corrected chi connectivity index (χ3v) is 4.64. The molecule has 0 aliphatic heterocycles. The Morgan fingerprint density at radius 1 is 1.00 bits per heavy atom. The summed E-state index contributed by atoms with van der Waals surface area (Å²) in [6.07, 6.45) is 0.676. The van der Waals surface area contributed by atoms with Gasteiger partial charge in [-0.1, -0.05) is 36.4 Å². The highest BCUT2D eigenvalue weighted by Gasteiger charge is 2.26. The van der Waals surface area contributed by atoms with Crippen LogP contribution in [0.25, 0.3) is 0 Å². The van der Waals surface area contributed by atoms with Crippen LogP contribution >= 0.6 is 0 Å². The first kappa shape index (κ1) is 22.5. The normalized spacial score (nSPS) is 11.8. The van der Waals surface area contributed by atoms with E-state index in [-0.39, 0.29) is 24.5 Å². The van der Waals surface area contributed by atoms with Crippen molar-refractivity contribution in [3.8, 4) is 5.75 Å². The van der Waals surface area contributed by atoms with E-state index >= 15 is 0 Å². The minimum Gasteiger partial charge on any atom is -0.484 e. The van der Waals surface area contributed by atoms with Crippen LogP contribution in [0.4, 0.5) is 0 Å². The first-order valence-electron chi connectivity index (χ1n) is 10.1. The predicted octanol–water partition coefficient (Wildman–Crippen LogP) is 3.67. The molecule has 5 nitrogen and oxygen atoms in total. The average molecular weight is 397 g/mol. The number of nitrogens with zero attached hydrogens (tertiary/aromatic N) is 1. The molecule has 0 bridgehead atoms. The summed E-state index contributed by atoms with van der Waals surface area (Å²) < 4.78 is 5.75.